The van der Waals surface area contributed by atoms with E-state index in [1.165, 1.54) is 0 Å². The monoisotopic (exact) mass is 341 g/mol. The normalized spacial score (nSPS) is 15.5. The molecule has 0 amide bonds. The van der Waals surface area contributed by atoms with Gasteiger partial charge in [-0.05, 0) is 52.9 Å². The number of sulfonamides is 1. The van der Waals surface area contributed by atoms with E-state index in [4.69, 9.17) is 11.6 Å². The molecule has 0 aliphatic heterocycles. The summed E-state index contributed by atoms with van der Waals surface area (Å²) < 4.78 is 27.4. The first-order valence-corrected chi connectivity index (χ1v) is 9.71. The zero-order chi connectivity index (χ0) is 14.9. The Morgan fingerprint density at radius 1 is 1.24 bits per heavy atom. The van der Waals surface area contributed by atoms with Gasteiger partial charge in [-0.1, -0.05) is 12.1 Å². The second-order valence-corrected chi connectivity index (χ2v) is 8.13. The lowest BCUT2D eigenvalue weighted by Crippen LogP contribution is -2.32. The molecule has 1 heterocycles. The van der Waals surface area contributed by atoms with Gasteiger partial charge in [0.05, 0.1) is 4.90 Å². The smallest absolute Gasteiger partial charge is 0.207 e. The zero-order valence-electron chi connectivity index (χ0n) is 11.4. The second-order valence-electron chi connectivity index (χ2n) is 5.19. The lowest BCUT2D eigenvalue weighted by Gasteiger charge is -2.21. The first-order chi connectivity index (χ1) is 10.1. The van der Waals surface area contributed by atoms with Crippen molar-refractivity contribution in [3.8, 4) is 0 Å². The van der Waals surface area contributed by atoms with Crippen LogP contribution in [0.15, 0.2) is 46.0 Å². The van der Waals surface area contributed by atoms with E-state index in [-0.39, 0.29) is 6.04 Å². The van der Waals surface area contributed by atoms with E-state index in [2.05, 4.69) is 0 Å². The van der Waals surface area contributed by atoms with Crippen LogP contribution in [0.1, 0.15) is 24.0 Å². The van der Waals surface area contributed by atoms with Crippen molar-refractivity contribution in [3.63, 3.8) is 0 Å². The summed E-state index contributed by atoms with van der Waals surface area (Å²) in [5.41, 5.74) is 1.87. The van der Waals surface area contributed by atoms with Crippen LogP contribution in [0.2, 0.25) is 0 Å². The molecular weight excluding hydrogens is 326 g/mol. The third-order valence-electron chi connectivity index (χ3n) is 3.53. The number of nitrogens with zero attached hydrogens (tertiary/aromatic N) is 1. The van der Waals surface area contributed by atoms with Gasteiger partial charge >= 0.3 is 0 Å². The molecule has 3 nitrogen and oxygen atoms in total. The average Bonchev–Trinajstić information content (AvgIpc) is 3.20. The summed E-state index contributed by atoms with van der Waals surface area (Å²) in [6, 6.07) is 9.02. The molecule has 0 N–H and O–H groups in total. The maximum absolute atomic E-state index is 12.9. The van der Waals surface area contributed by atoms with Crippen molar-refractivity contribution in [2.75, 3.05) is 0 Å². The van der Waals surface area contributed by atoms with Crippen molar-refractivity contribution in [1.82, 2.24) is 4.31 Å². The van der Waals surface area contributed by atoms with E-state index in [1.54, 1.807) is 33.8 Å². The van der Waals surface area contributed by atoms with E-state index in [0.717, 1.165) is 24.0 Å². The number of hydrogen-bond donors (Lipinski definition) is 0. The first kappa shape index (κ1) is 15.0. The van der Waals surface area contributed by atoms with Crippen LogP contribution in [-0.4, -0.2) is 18.8 Å². The Hall–Kier alpha value is -0.880. The molecule has 1 aliphatic carbocycles. The Kier molecular flexibility index (Phi) is 4.36. The predicted molar refractivity (Wildman–Crippen MR) is 86.1 cm³/mol. The fourth-order valence-electron chi connectivity index (χ4n) is 2.26. The standard InChI is InChI=1S/C15H16ClNO2S2/c16-9-12-2-1-3-15(8-12)21(18,19)17(14-4-5-14)10-13-6-7-20-11-13/h1-3,6-8,11,14H,4-5,9-10H2. The van der Waals surface area contributed by atoms with Crippen LogP contribution in [0.4, 0.5) is 0 Å². The van der Waals surface area contributed by atoms with E-state index >= 15 is 0 Å². The highest BCUT2D eigenvalue weighted by atomic mass is 35.5. The zero-order valence-corrected chi connectivity index (χ0v) is 13.8. The molecule has 1 saturated carbocycles. The summed E-state index contributed by atoms with van der Waals surface area (Å²) in [5, 5.41) is 3.97. The van der Waals surface area contributed by atoms with Crippen LogP contribution in [-0.2, 0) is 22.4 Å². The molecule has 112 valence electrons. The molecule has 0 radical (unpaired) electrons. The maximum atomic E-state index is 12.9. The number of alkyl halides is 1. The molecule has 3 rings (SSSR count). The van der Waals surface area contributed by atoms with Crippen molar-refractivity contribution in [2.24, 2.45) is 0 Å². The summed E-state index contributed by atoms with van der Waals surface area (Å²) >= 11 is 7.40. The molecular formula is C15H16ClNO2S2. The summed E-state index contributed by atoms with van der Waals surface area (Å²) in [6.07, 6.45) is 1.89. The summed E-state index contributed by atoms with van der Waals surface area (Å²) in [5.74, 6) is 0.317. The molecule has 1 fully saturated rings. The second kappa shape index (κ2) is 6.08. The highest BCUT2D eigenvalue weighted by molar-refractivity contribution is 7.89. The van der Waals surface area contributed by atoms with Crippen LogP contribution in [0.25, 0.3) is 0 Å². The van der Waals surface area contributed by atoms with Crippen molar-refractivity contribution >= 4 is 33.0 Å². The Morgan fingerprint density at radius 3 is 2.67 bits per heavy atom. The quantitative estimate of drug-likeness (QED) is 0.748. The van der Waals surface area contributed by atoms with E-state index < -0.39 is 10.0 Å². The van der Waals surface area contributed by atoms with Gasteiger partial charge < -0.3 is 0 Å². The van der Waals surface area contributed by atoms with Crippen molar-refractivity contribution < 1.29 is 8.42 Å². The first-order valence-electron chi connectivity index (χ1n) is 6.79. The summed E-state index contributed by atoms with van der Waals surface area (Å²) in [7, 11) is -3.47. The summed E-state index contributed by atoms with van der Waals surface area (Å²) in [4.78, 5) is 0.336. The van der Waals surface area contributed by atoms with Crippen molar-refractivity contribution in [1.29, 1.82) is 0 Å². The molecule has 1 aliphatic rings. The lowest BCUT2D eigenvalue weighted by molar-refractivity contribution is 0.399. The molecule has 0 spiro atoms. The molecule has 1 aromatic carbocycles. The molecule has 0 unspecified atom stereocenters. The van der Waals surface area contributed by atoms with Crippen LogP contribution in [0, 0.1) is 0 Å². The van der Waals surface area contributed by atoms with Gasteiger partial charge in [0.25, 0.3) is 0 Å². The largest absolute Gasteiger partial charge is 0.243 e. The SMILES string of the molecule is O=S(=O)(c1cccc(CCl)c1)N(Cc1ccsc1)C1CC1. The number of halogens is 1. The van der Waals surface area contributed by atoms with Crippen LogP contribution in [0.3, 0.4) is 0 Å². The molecule has 0 atom stereocenters. The van der Waals surface area contributed by atoms with Crippen LogP contribution in [0.5, 0.6) is 0 Å². The highest BCUT2D eigenvalue weighted by Gasteiger charge is 2.38. The molecule has 21 heavy (non-hydrogen) atoms. The minimum absolute atomic E-state index is 0.134. The van der Waals surface area contributed by atoms with Gasteiger partial charge in [0.15, 0.2) is 0 Å². The van der Waals surface area contributed by atoms with Gasteiger partial charge in [-0.3, -0.25) is 0 Å². The van der Waals surface area contributed by atoms with Gasteiger partial charge in [0.1, 0.15) is 0 Å². The molecule has 2 aromatic rings. The van der Waals surface area contributed by atoms with Crippen LogP contribution >= 0.6 is 22.9 Å². The summed E-state index contributed by atoms with van der Waals surface area (Å²) in [6.45, 7) is 0.446. The van der Waals surface area contributed by atoms with Gasteiger partial charge in [0, 0.05) is 18.5 Å². The third kappa shape index (κ3) is 3.31. The number of rotatable bonds is 6. The highest BCUT2D eigenvalue weighted by Crippen LogP contribution is 2.34. The molecule has 1 aromatic heterocycles. The van der Waals surface area contributed by atoms with Crippen LogP contribution < -0.4 is 0 Å². The molecule has 0 bridgehead atoms. The minimum atomic E-state index is -3.47. The average molecular weight is 342 g/mol. The van der Waals surface area contributed by atoms with Crippen molar-refractivity contribution in [3.05, 3.63) is 52.2 Å². The predicted octanol–water partition coefficient (Wildman–Crippen LogP) is 3.84. The van der Waals surface area contributed by atoms with E-state index in [0.29, 0.717) is 17.3 Å². The van der Waals surface area contributed by atoms with E-state index in [9.17, 15) is 8.42 Å². The van der Waals surface area contributed by atoms with Gasteiger partial charge in [0.2, 0.25) is 10.0 Å². The Bertz CT molecular complexity index is 709. The van der Waals surface area contributed by atoms with E-state index in [1.807, 2.05) is 22.9 Å². The topological polar surface area (TPSA) is 37.4 Å². The van der Waals surface area contributed by atoms with Gasteiger partial charge in [-0.25, -0.2) is 8.42 Å². The Labute approximate surface area is 134 Å². The fraction of sp³-hybridized carbons (Fsp3) is 0.333. The van der Waals surface area contributed by atoms with Gasteiger partial charge in [-0.2, -0.15) is 15.6 Å². The number of hydrogen-bond acceptors (Lipinski definition) is 3. The number of benzene rings is 1. The fourth-order valence-corrected chi connectivity index (χ4v) is 4.83. The maximum Gasteiger partial charge on any atom is 0.243 e. The third-order valence-corrected chi connectivity index (χ3v) is 6.47. The molecule has 6 heteroatoms. The Balaban J connectivity index is 1.93. The number of thiophene rings is 1. The molecule has 0 saturated heterocycles. The Morgan fingerprint density at radius 2 is 2.05 bits per heavy atom. The van der Waals surface area contributed by atoms with Crippen molar-refractivity contribution in [2.45, 2.75) is 36.2 Å². The lowest BCUT2D eigenvalue weighted by atomic mass is 10.2. The van der Waals surface area contributed by atoms with Gasteiger partial charge in [-0.15, -0.1) is 11.6 Å². The minimum Gasteiger partial charge on any atom is -0.207 e.